The minimum Gasteiger partial charge on any atom is -0.486 e. The fraction of sp³-hybridized carbons (Fsp3) is 0.364. The van der Waals surface area contributed by atoms with Crippen molar-refractivity contribution in [2.75, 3.05) is 26.3 Å². The second kappa shape index (κ2) is 9.36. The molecule has 1 saturated heterocycles. The number of hydrogen-bond acceptors (Lipinski definition) is 7. The molecule has 0 radical (unpaired) electrons. The molecule has 2 aromatic heterocycles. The van der Waals surface area contributed by atoms with Gasteiger partial charge in [-0.15, -0.1) is 17.8 Å². The summed E-state index contributed by atoms with van der Waals surface area (Å²) in [5.41, 5.74) is 0.828. The van der Waals surface area contributed by atoms with E-state index in [4.69, 9.17) is 27.5 Å². The summed E-state index contributed by atoms with van der Waals surface area (Å²) in [5, 5.41) is 0. The van der Waals surface area contributed by atoms with Crippen LogP contribution in [0.25, 0.3) is 10.2 Å². The molecule has 1 aromatic carbocycles. The lowest BCUT2D eigenvalue weighted by Crippen LogP contribution is -2.40. The van der Waals surface area contributed by atoms with E-state index >= 15 is 0 Å². The highest BCUT2D eigenvalue weighted by Gasteiger charge is 2.33. The van der Waals surface area contributed by atoms with Crippen LogP contribution in [0.1, 0.15) is 12.8 Å². The fourth-order valence-electron chi connectivity index (χ4n) is 4.03. The predicted molar refractivity (Wildman–Crippen MR) is 131 cm³/mol. The summed E-state index contributed by atoms with van der Waals surface area (Å²) in [4.78, 5) is 17.9. The van der Waals surface area contributed by atoms with Crippen molar-refractivity contribution in [1.82, 2.24) is 8.87 Å². The van der Waals surface area contributed by atoms with Gasteiger partial charge in [-0.1, -0.05) is 28.9 Å². The zero-order valence-corrected chi connectivity index (χ0v) is 21.1. The van der Waals surface area contributed by atoms with Gasteiger partial charge in [0.1, 0.15) is 17.4 Å². The zero-order chi connectivity index (χ0) is 23.9. The van der Waals surface area contributed by atoms with Crippen LogP contribution in [0.4, 0.5) is 0 Å². The highest BCUT2D eigenvalue weighted by Crippen LogP contribution is 2.36. The Hall–Kier alpha value is -2.36. The number of terminal acetylenes is 1. The Kier molecular flexibility index (Phi) is 6.43. The number of amides is 1. The number of halogens is 1. The minimum absolute atomic E-state index is 0.211. The van der Waals surface area contributed by atoms with Gasteiger partial charge in [0.05, 0.1) is 21.1 Å². The second-order valence-electron chi connectivity index (χ2n) is 7.83. The number of thiophene rings is 1. The van der Waals surface area contributed by atoms with Crippen molar-refractivity contribution in [2.24, 2.45) is 10.9 Å². The normalized spacial score (nSPS) is 17.7. The third-order valence-corrected chi connectivity index (χ3v) is 10.4. The minimum atomic E-state index is -3.61. The van der Waals surface area contributed by atoms with Crippen molar-refractivity contribution in [3.8, 4) is 23.8 Å². The highest BCUT2D eigenvalue weighted by molar-refractivity contribution is 7.91. The van der Waals surface area contributed by atoms with Gasteiger partial charge in [-0.2, -0.15) is 9.30 Å². The molecule has 0 atom stereocenters. The average Bonchev–Trinajstić information content (AvgIpc) is 3.42. The molecule has 1 fully saturated rings. The Morgan fingerprint density at radius 3 is 2.53 bits per heavy atom. The van der Waals surface area contributed by atoms with Crippen LogP contribution in [0.15, 0.2) is 33.5 Å². The number of hydrogen-bond donors (Lipinski definition) is 0. The van der Waals surface area contributed by atoms with E-state index in [9.17, 15) is 13.2 Å². The predicted octanol–water partition coefficient (Wildman–Crippen LogP) is 3.35. The summed E-state index contributed by atoms with van der Waals surface area (Å²) in [5.74, 6) is 3.29. The summed E-state index contributed by atoms with van der Waals surface area (Å²) in [7, 11) is -3.61. The lowest BCUT2D eigenvalue weighted by atomic mass is 9.98. The summed E-state index contributed by atoms with van der Waals surface area (Å²) >= 11 is 8.29. The molecule has 2 aliphatic rings. The first-order valence-electron chi connectivity index (χ1n) is 10.6. The van der Waals surface area contributed by atoms with Gasteiger partial charge in [-0.3, -0.25) is 4.79 Å². The van der Waals surface area contributed by atoms with E-state index in [1.165, 1.54) is 21.7 Å². The number of rotatable bonds is 4. The number of piperidine rings is 1. The number of fused-ring (bicyclic) bond motifs is 2. The van der Waals surface area contributed by atoms with Crippen LogP contribution in [-0.4, -0.2) is 49.5 Å². The molecule has 1 amide bonds. The Labute approximate surface area is 209 Å². The van der Waals surface area contributed by atoms with Crippen molar-refractivity contribution >= 4 is 60.4 Å². The molecule has 178 valence electrons. The van der Waals surface area contributed by atoms with Crippen molar-refractivity contribution in [1.29, 1.82) is 0 Å². The second-order valence-corrected chi connectivity index (χ2v) is 12.7. The summed E-state index contributed by atoms with van der Waals surface area (Å²) in [6, 6.07) is 6.82. The van der Waals surface area contributed by atoms with Crippen molar-refractivity contribution in [3.63, 3.8) is 0 Å². The molecule has 2 aliphatic heterocycles. The molecular formula is C22H20ClN3O5S3. The Morgan fingerprint density at radius 1 is 1.18 bits per heavy atom. The van der Waals surface area contributed by atoms with Crippen LogP contribution in [0.2, 0.25) is 4.34 Å². The van der Waals surface area contributed by atoms with Crippen LogP contribution in [0.3, 0.4) is 0 Å². The maximum absolute atomic E-state index is 13.0. The van der Waals surface area contributed by atoms with Gasteiger partial charge >= 0.3 is 0 Å². The largest absolute Gasteiger partial charge is 0.486 e. The number of sulfonamides is 1. The Balaban J connectivity index is 1.38. The van der Waals surface area contributed by atoms with Crippen LogP contribution < -0.4 is 14.3 Å². The van der Waals surface area contributed by atoms with Crippen molar-refractivity contribution in [3.05, 3.63) is 33.4 Å². The number of ether oxygens (including phenoxy) is 2. The molecule has 0 aliphatic carbocycles. The van der Waals surface area contributed by atoms with Crippen LogP contribution in [-0.2, 0) is 21.4 Å². The first kappa shape index (κ1) is 23.4. The number of carbonyl (C=O) groups is 1. The standard InChI is InChI=1S/C22H20ClN3O5S3/c1-2-7-26-15-12-16-17(31-11-10-30-16)13-18(15)32-22(26)24-21(27)14-5-8-25(9-6-14)34(28,29)20-4-3-19(23)33-20/h1,3-4,12-14H,5-11H2. The van der Waals surface area contributed by atoms with Crippen LogP contribution in [0, 0.1) is 18.3 Å². The number of benzene rings is 1. The summed E-state index contributed by atoms with van der Waals surface area (Å²) in [6.45, 7) is 1.72. The van der Waals surface area contributed by atoms with Gasteiger partial charge in [0, 0.05) is 31.1 Å². The Morgan fingerprint density at radius 2 is 1.88 bits per heavy atom. The van der Waals surface area contributed by atoms with Gasteiger partial charge in [-0.25, -0.2) is 8.42 Å². The maximum Gasteiger partial charge on any atom is 0.252 e. The molecule has 0 N–H and O–H groups in total. The highest BCUT2D eigenvalue weighted by atomic mass is 35.5. The molecule has 0 unspecified atom stereocenters. The van der Waals surface area contributed by atoms with Gasteiger partial charge < -0.3 is 14.0 Å². The lowest BCUT2D eigenvalue weighted by Gasteiger charge is -2.29. The number of aromatic nitrogens is 1. The molecular weight excluding hydrogens is 518 g/mol. The van der Waals surface area contributed by atoms with Gasteiger partial charge in [-0.05, 0) is 25.0 Å². The SMILES string of the molecule is C#CCn1c(=NC(=O)C2CCN(S(=O)(=O)c3ccc(Cl)s3)CC2)sc2cc3c(cc21)OCCO3. The van der Waals surface area contributed by atoms with Gasteiger partial charge in [0.25, 0.3) is 15.9 Å². The first-order chi connectivity index (χ1) is 16.4. The Bertz CT molecular complexity index is 1470. The van der Waals surface area contributed by atoms with Crippen molar-refractivity contribution in [2.45, 2.75) is 23.6 Å². The van der Waals surface area contributed by atoms with E-state index in [2.05, 4.69) is 10.9 Å². The molecule has 5 rings (SSSR count). The van der Waals surface area contributed by atoms with Crippen LogP contribution in [0.5, 0.6) is 11.5 Å². The molecule has 34 heavy (non-hydrogen) atoms. The van der Waals surface area contributed by atoms with Crippen molar-refractivity contribution < 1.29 is 22.7 Å². The monoisotopic (exact) mass is 537 g/mol. The maximum atomic E-state index is 13.0. The summed E-state index contributed by atoms with van der Waals surface area (Å²) < 4.78 is 41.7. The zero-order valence-electron chi connectivity index (χ0n) is 17.9. The number of carbonyl (C=O) groups excluding carboxylic acids is 1. The third kappa shape index (κ3) is 4.36. The number of thiazole rings is 1. The van der Waals surface area contributed by atoms with E-state index in [0.29, 0.717) is 46.7 Å². The van der Waals surface area contributed by atoms with E-state index in [1.54, 1.807) is 6.07 Å². The van der Waals surface area contributed by atoms with E-state index in [1.807, 2.05) is 16.7 Å². The molecule has 3 aromatic rings. The van der Waals surface area contributed by atoms with E-state index in [0.717, 1.165) is 21.6 Å². The summed E-state index contributed by atoms with van der Waals surface area (Å²) in [6.07, 6.45) is 6.38. The van der Waals surface area contributed by atoms with Crippen LogP contribution >= 0.6 is 34.3 Å². The molecule has 0 spiro atoms. The molecule has 4 heterocycles. The lowest BCUT2D eigenvalue weighted by molar-refractivity contribution is -0.122. The topological polar surface area (TPSA) is 90.2 Å². The quantitative estimate of drug-likeness (QED) is 0.476. The molecule has 0 saturated carbocycles. The average molecular weight is 538 g/mol. The van der Waals surface area contributed by atoms with Gasteiger partial charge in [0.2, 0.25) is 0 Å². The molecule has 0 bridgehead atoms. The third-order valence-electron chi connectivity index (χ3n) is 5.75. The van der Waals surface area contributed by atoms with E-state index < -0.39 is 10.0 Å². The smallest absolute Gasteiger partial charge is 0.252 e. The fourth-order valence-corrected chi connectivity index (χ4v) is 8.18. The molecule has 12 heteroatoms. The molecule has 8 nitrogen and oxygen atoms in total. The van der Waals surface area contributed by atoms with Gasteiger partial charge in [0.15, 0.2) is 16.3 Å². The number of nitrogens with zero attached hydrogens (tertiary/aromatic N) is 3. The first-order valence-corrected chi connectivity index (χ1v) is 14.0. The van der Waals surface area contributed by atoms with E-state index in [-0.39, 0.29) is 35.7 Å².